The van der Waals surface area contributed by atoms with Gasteiger partial charge in [-0.15, -0.1) is 0 Å². The molecule has 1 aromatic heterocycles. The second-order valence-corrected chi connectivity index (χ2v) is 14.8. The molecule has 54 heavy (non-hydrogen) atoms. The van der Waals surface area contributed by atoms with E-state index in [-0.39, 0.29) is 5.41 Å². The molecule has 1 saturated carbocycles. The molecule has 0 radical (unpaired) electrons. The standard InChI is InChI=1S/C52H40N2/c1-4-13-36(14-5-1)37-23-29-42(30-24-37)49-35-48(41-15-6-2-7-16-41)53-51(54-49)43-31-25-39(26-32-43)38-21-27-40(28-22-38)44-18-12-19-46-45-17-8-9-20-47(45)52(50(44)46)33-10-3-11-34-52/h1-2,4-9,12-32,35H,3,10-11,33-34H2. The molecule has 0 atom stereocenters. The third-order valence-electron chi connectivity index (χ3n) is 11.7. The maximum atomic E-state index is 5.12. The molecule has 0 saturated heterocycles. The van der Waals surface area contributed by atoms with Crippen LogP contribution in [-0.4, -0.2) is 9.97 Å². The lowest BCUT2D eigenvalue weighted by Crippen LogP contribution is -2.28. The monoisotopic (exact) mass is 692 g/mol. The minimum absolute atomic E-state index is 0.126. The molecule has 2 heteroatoms. The van der Waals surface area contributed by atoms with Crippen molar-refractivity contribution in [2.75, 3.05) is 0 Å². The highest BCUT2D eigenvalue weighted by Crippen LogP contribution is 2.58. The molecule has 10 rings (SSSR count). The molecule has 2 nitrogen and oxygen atoms in total. The van der Waals surface area contributed by atoms with Gasteiger partial charge in [-0.3, -0.25) is 0 Å². The summed E-state index contributed by atoms with van der Waals surface area (Å²) in [6, 6.07) is 65.7. The summed E-state index contributed by atoms with van der Waals surface area (Å²) < 4.78 is 0. The van der Waals surface area contributed by atoms with Crippen LogP contribution in [0.1, 0.15) is 43.2 Å². The van der Waals surface area contributed by atoms with Gasteiger partial charge in [0.25, 0.3) is 0 Å². The number of hydrogen-bond acceptors (Lipinski definition) is 2. The van der Waals surface area contributed by atoms with Gasteiger partial charge in [0.2, 0.25) is 0 Å². The molecule has 8 aromatic rings. The first kappa shape index (κ1) is 32.3. The van der Waals surface area contributed by atoms with Crippen molar-refractivity contribution < 1.29 is 0 Å². The van der Waals surface area contributed by atoms with Gasteiger partial charge in [0, 0.05) is 22.1 Å². The Kier molecular flexibility index (Phi) is 8.10. The van der Waals surface area contributed by atoms with Gasteiger partial charge >= 0.3 is 0 Å². The molecular weight excluding hydrogens is 653 g/mol. The van der Waals surface area contributed by atoms with Crippen LogP contribution in [0.4, 0.5) is 0 Å². The van der Waals surface area contributed by atoms with Crippen LogP contribution >= 0.6 is 0 Å². The summed E-state index contributed by atoms with van der Waals surface area (Å²) >= 11 is 0. The molecule has 0 unspecified atom stereocenters. The molecule has 0 aliphatic heterocycles. The van der Waals surface area contributed by atoms with Crippen molar-refractivity contribution in [1.29, 1.82) is 0 Å². The summed E-state index contributed by atoms with van der Waals surface area (Å²) in [4.78, 5) is 10.2. The van der Waals surface area contributed by atoms with E-state index in [1.807, 2.05) is 12.1 Å². The third kappa shape index (κ3) is 5.67. The van der Waals surface area contributed by atoms with Crippen molar-refractivity contribution in [3.63, 3.8) is 0 Å². The summed E-state index contributed by atoms with van der Waals surface area (Å²) in [5.41, 5.74) is 18.5. The van der Waals surface area contributed by atoms with E-state index in [1.165, 1.54) is 82.2 Å². The Morgan fingerprint density at radius 2 is 0.778 bits per heavy atom. The van der Waals surface area contributed by atoms with Crippen LogP contribution in [0.2, 0.25) is 0 Å². The van der Waals surface area contributed by atoms with E-state index in [4.69, 9.17) is 9.97 Å². The van der Waals surface area contributed by atoms with Gasteiger partial charge in [0.15, 0.2) is 5.82 Å². The SMILES string of the molecule is c1ccc(-c2ccc(-c3cc(-c4ccccc4)nc(-c4ccc(-c5ccc(-c6cccc7c6C6(CCCCC6)c6ccccc6-7)cc5)cc4)n3)cc2)cc1. The van der Waals surface area contributed by atoms with Gasteiger partial charge in [-0.1, -0.05) is 195 Å². The second-order valence-electron chi connectivity index (χ2n) is 14.8. The van der Waals surface area contributed by atoms with Crippen molar-refractivity contribution in [3.05, 3.63) is 193 Å². The maximum absolute atomic E-state index is 5.12. The molecule has 2 aliphatic carbocycles. The Hall–Kier alpha value is -6.38. The van der Waals surface area contributed by atoms with Crippen LogP contribution in [0.25, 0.3) is 78.4 Å². The smallest absolute Gasteiger partial charge is 0.160 e. The number of benzene rings is 7. The minimum Gasteiger partial charge on any atom is -0.228 e. The predicted molar refractivity (Wildman–Crippen MR) is 224 cm³/mol. The molecule has 1 spiro atoms. The molecule has 0 amide bonds. The Labute approximate surface area is 317 Å². The van der Waals surface area contributed by atoms with E-state index in [0.717, 1.165) is 33.9 Å². The summed E-state index contributed by atoms with van der Waals surface area (Å²) in [6.45, 7) is 0. The van der Waals surface area contributed by atoms with Crippen molar-refractivity contribution in [2.24, 2.45) is 0 Å². The Morgan fingerprint density at radius 3 is 1.41 bits per heavy atom. The molecule has 0 N–H and O–H groups in total. The maximum Gasteiger partial charge on any atom is 0.160 e. The van der Waals surface area contributed by atoms with Crippen LogP contribution in [0.3, 0.4) is 0 Å². The normalized spacial score (nSPS) is 14.1. The zero-order chi connectivity index (χ0) is 35.9. The quantitative estimate of drug-likeness (QED) is 0.173. The molecule has 7 aromatic carbocycles. The third-order valence-corrected chi connectivity index (χ3v) is 11.7. The number of fused-ring (bicyclic) bond motifs is 5. The molecule has 258 valence electrons. The van der Waals surface area contributed by atoms with Crippen LogP contribution < -0.4 is 0 Å². The second kappa shape index (κ2) is 13.5. The Bertz CT molecular complexity index is 2580. The number of hydrogen-bond donors (Lipinski definition) is 0. The summed E-state index contributed by atoms with van der Waals surface area (Å²) in [5.74, 6) is 0.718. The Balaban J connectivity index is 0.968. The minimum atomic E-state index is 0.126. The van der Waals surface area contributed by atoms with Crippen molar-refractivity contribution in [1.82, 2.24) is 9.97 Å². The number of nitrogens with zero attached hydrogens (tertiary/aromatic N) is 2. The molecule has 1 heterocycles. The Morgan fingerprint density at radius 1 is 0.333 bits per heavy atom. The largest absolute Gasteiger partial charge is 0.228 e. The molecule has 2 aliphatic rings. The van der Waals surface area contributed by atoms with Crippen LogP contribution in [0.5, 0.6) is 0 Å². The highest BCUT2D eigenvalue weighted by molar-refractivity contribution is 5.89. The first-order valence-electron chi connectivity index (χ1n) is 19.3. The van der Waals surface area contributed by atoms with E-state index >= 15 is 0 Å². The van der Waals surface area contributed by atoms with Gasteiger partial charge in [-0.05, 0) is 74.5 Å². The first-order chi connectivity index (χ1) is 26.7. The fraction of sp³-hybridized carbons (Fsp3) is 0.115. The van der Waals surface area contributed by atoms with Gasteiger partial charge in [-0.25, -0.2) is 9.97 Å². The van der Waals surface area contributed by atoms with Crippen molar-refractivity contribution >= 4 is 0 Å². The molecule has 0 bridgehead atoms. The number of rotatable bonds is 6. The predicted octanol–water partition coefficient (Wildman–Crippen LogP) is 13.7. The lowest BCUT2D eigenvalue weighted by Gasteiger charge is -2.37. The topological polar surface area (TPSA) is 25.8 Å². The van der Waals surface area contributed by atoms with E-state index in [2.05, 4.69) is 170 Å². The first-order valence-corrected chi connectivity index (χ1v) is 19.3. The van der Waals surface area contributed by atoms with Crippen molar-refractivity contribution in [3.8, 4) is 78.4 Å². The van der Waals surface area contributed by atoms with Crippen molar-refractivity contribution in [2.45, 2.75) is 37.5 Å². The molecular formula is C52H40N2. The zero-order valence-corrected chi connectivity index (χ0v) is 30.3. The van der Waals surface area contributed by atoms with Crippen LogP contribution in [0.15, 0.2) is 182 Å². The summed E-state index contributed by atoms with van der Waals surface area (Å²) in [6.07, 6.45) is 6.39. The average Bonchev–Trinajstić information content (AvgIpc) is 3.53. The number of aromatic nitrogens is 2. The lowest BCUT2D eigenvalue weighted by molar-refractivity contribution is 0.353. The van der Waals surface area contributed by atoms with Gasteiger partial charge in [0.1, 0.15) is 0 Å². The van der Waals surface area contributed by atoms with E-state index < -0.39 is 0 Å². The van der Waals surface area contributed by atoms with E-state index in [0.29, 0.717) is 0 Å². The van der Waals surface area contributed by atoms with E-state index in [1.54, 1.807) is 5.56 Å². The highest BCUT2D eigenvalue weighted by atomic mass is 14.9. The van der Waals surface area contributed by atoms with Crippen LogP contribution in [0, 0.1) is 0 Å². The highest BCUT2D eigenvalue weighted by Gasteiger charge is 2.45. The lowest BCUT2D eigenvalue weighted by atomic mass is 9.66. The van der Waals surface area contributed by atoms with Crippen LogP contribution in [-0.2, 0) is 5.41 Å². The average molecular weight is 693 g/mol. The van der Waals surface area contributed by atoms with Gasteiger partial charge < -0.3 is 0 Å². The van der Waals surface area contributed by atoms with Gasteiger partial charge in [-0.2, -0.15) is 0 Å². The fourth-order valence-corrected chi connectivity index (χ4v) is 9.08. The fourth-order valence-electron chi connectivity index (χ4n) is 9.08. The van der Waals surface area contributed by atoms with E-state index in [9.17, 15) is 0 Å². The van der Waals surface area contributed by atoms with Gasteiger partial charge in [0.05, 0.1) is 11.4 Å². The summed E-state index contributed by atoms with van der Waals surface area (Å²) in [7, 11) is 0. The zero-order valence-electron chi connectivity index (χ0n) is 30.3. The molecule has 1 fully saturated rings. The summed E-state index contributed by atoms with van der Waals surface area (Å²) in [5, 5.41) is 0.